The van der Waals surface area contributed by atoms with Crippen molar-refractivity contribution in [2.24, 2.45) is 0 Å². The number of nitrogens with zero attached hydrogens (tertiary/aromatic N) is 1. The number of anilines is 2. The average Bonchev–Trinajstić information content (AvgIpc) is 2.79. The van der Waals surface area contributed by atoms with E-state index in [-0.39, 0.29) is 10.5 Å². The Morgan fingerprint density at radius 3 is 2.42 bits per heavy atom. The molecule has 1 heterocycles. The zero-order valence-corrected chi connectivity index (χ0v) is 17.4. The van der Waals surface area contributed by atoms with Crippen molar-refractivity contribution < 1.29 is 27.1 Å². The topological polar surface area (TPSA) is 84.9 Å². The van der Waals surface area contributed by atoms with Crippen LogP contribution in [0.2, 0.25) is 0 Å². The lowest BCUT2D eigenvalue weighted by atomic mass is 10.2. The summed E-state index contributed by atoms with van der Waals surface area (Å²) < 4.78 is 51.1. The molecule has 0 spiro atoms. The number of benzene rings is 3. The summed E-state index contributed by atoms with van der Waals surface area (Å²) in [5, 5.41) is 2.73. The van der Waals surface area contributed by atoms with Gasteiger partial charge in [0.15, 0.2) is 11.5 Å². The lowest BCUT2D eigenvalue weighted by Gasteiger charge is -2.20. The molecule has 0 aromatic heterocycles. The number of sulfonamides is 1. The van der Waals surface area contributed by atoms with E-state index in [2.05, 4.69) is 5.32 Å². The second-order valence-corrected chi connectivity index (χ2v) is 8.76. The third-order valence-corrected chi connectivity index (χ3v) is 6.53. The third-order valence-electron chi connectivity index (χ3n) is 4.74. The molecular weight excluding hydrogens is 423 g/mol. The van der Waals surface area contributed by atoms with Crippen molar-refractivity contribution in [3.8, 4) is 11.5 Å². The standard InChI is InChI=1S/C22H19FN2O5S/c1-25(18-8-5-16(23)6-9-18)31(27,28)19-4-2-3-15(13-19)22(26)24-17-7-10-20-21(14-17)30-12-11-29-20/h2-10,13-14H,11-12H2,1H3,(H,24,26). The Bertz CT molecular complexity index is 1230. The van der Waals surface area contributed by atoms with E-state index in [9.17, 15) is 17.6 Å². The number of hydrogen-bond acceptors (Lipinski definition) is 5. The summed E-state index contributed by atoms with van der Waals surface area (Å²) in [5.41, 5.74) is 0.960. The molecule has 3 aromatic rings. The predicted molar refractivity (Wildman–Crippen MR) is 114 cm³/mol. The molecule has 7 nitrogen and oxygen atoms in total. The van der Waals surface area contributed by atoms with Crippen LogP contribution in [0.25, 0.3) is 0 Å². The number of carbonyl (C=O) groups is 1. The van der Waals surface area contributed by atoms with Gasteiger partial charge in [-0.3, -0.25) is 9.10 Å². The SMILES string of the molecule is CN(c1ccc(F)cc1)S(=O)(=O)c1cccc(C(=O)Nc2ccc3c(c2)OCCO3)c1. The first-order valence-electron chi connectivity index (χ1n) is 9.40. The lowest BCUT2D eigenvalue weighted by molar-refractivity contribution is 0.102. The van der Waals surface area contributed by atoms with Crippen LogP contribution in [0, 0.1) is 5.82 Å². The van der Waals surface area contributed by atoms with Crippen LogP contribution in [-0.2, 0) is 10.0 Å². The highest BCUT2D eigenvalue weighted by atomic mass is 32.2. The molecule has 1 amide bonds. The van der Waals surface area contributed by atoms with Crippen LogP contribution < -0.4 is 19.1 Å². The molecule has 0 unspecified atom stereocenters. The summed E-state index contributed by atoms with van der Waals surface area (Å²) in [6.07, 6.45) is 0. The fraction of sp³-hybridized carbons (Fsp3) is 0.136. The van der Waals surface area contributed by atoms with Gasteiger partial charge in [-0.2, -0.15) is 0 Å². The van der Waals surface area contributed by atoms with E-state index in [1.807, 2.05) is 0 Å². The molecule has 0 aliphatic carbocycles. The van der Waals surface area contributed by atoms with Crippen LogP contribution in [0.3, 0.4) is 0 Å². The van der Waals surface area contributed by atoms with Gasteiger partial charge < -0.3 is 14.8 Å². The first-order valence-corrected chi connectivity index (χ1v) is 10.8. The Balaban J connectivity index is 1.56. The maximum Gasteiger partial charge on any atom is 0.264 e. The highest BCUT2D eigenvalue weighted by Gasteiger charge is 2.23. The minimum Gasteiger partial charge on any atom is -0.486 e. The van der Waals surface area contributed by atoms with Crippen molar-refractivity contribution in [2.45, 2.75) is 4.90 Å². The fourth-order valence-corrected chi connectivity index (χ4v) is 4.31. The van der Waals surface area contributed by atoms with Crippen LogP contribution in [0.1, 0.15) is 10.4 Å². The Labute approximate surface area is 179 Å². The van der Waals surface area contributed by atoms with Crippen molar-refractivity contribution in [1.29, 1.82) is 0 Å². The Hall–Kier alpha value is -3.59. The second kappa shape index (κ2) is 8.27. The van der Waals surface area contributed by atoms with Crippen molar-refractivity contribution in [3.05, 3.63) is 78.1 Å². The van der Waals surface area contributed by atoms with E-state index < -0.39 is 21.7 Å². The number of hydrogen-bond donors (Lipinski definition) is 1. The van der Waals surface area contributed by atoms with Gasteiger partial charge in [0.05, 0.1) is 10.6 Å². The summed E-state index contributed by atoms with van der Waals surface area (Å²) in [6.45, 7) is 0.887. The number of halogens is 1. The minimum atomic E-state index is -3.95. The molecule has 160 valence electrons. The molecule has 0 fully saturated rings. The van der Waals surface area contributed by atoms with Gasteiger partial charge >= 0.3 is 0 Å². The van der Waals surface area contributed by atoms with E-state index >= 15 is 0 Å². The predicted octanol–water partition coefficient (Wildman–Crippen LogP) is 3.67. The van der Waals surface area contributed by atoms with Crippen molar-refractivity contribution in [3.63, 3.8) is 0 Å². The Morgan fingerprint density at radius 1 is 0.968 bits per heavy atom. The molecule has 0 atom stereocenters. The van der Waals surface area contributed by atoms with Crippen molar-refractivity contribution in [1.82, 2.24) is 0 Å². The molecule has 1 aliphatic rings. The molecule has 31 heavy (non-hydrogen) atoms. The molecule has 9 heteroatoms. The van der Waals surface area contributed by atoms with E-state index in [1.54, 1.807) is 18.2 Å². The van der Waals surface area contributed by atoms with Gasteiger partial charge in [0.1, 0.15) is 19.0 Å². The smallest absolute Gasteiger partial charge is 0.264 e. The maximum atomic E-state index is 13.2. The fourth-order valence-electron chi connectivity index (χ4n) is 3.07. The van der Waals surface area contributed by atoms with Crippen LogP contribution in [0.15, 0.2) is 71.6 Å². The summed E-state index contributed by atoms with van der Waals surface area (Å²) in [5.74, 6) is 0.188. The van der Waals surface area contributed by atoms with Gasteiger partial charge in [0.25, 0.3) is 15.9 Å². The molecule has 1 N–H and O–H groups in total. The molecule has 0 bridgehead atoms. The summed E-state index contributed by atoms with van der Waals surface area (Å²) in [7, 11) is -2.59. The third kappa shape index (κ3) is 4.31. The van der Waals surface area contributed by atoms with E-state index in [0.29, 0.717) is 36.1 Å². The lowest BCUT2D eigenvalue weighted by Crippen LogP contribution is -2.26. The molecule has 0 saturated carbocycles. The molecule has 0 radical (unpaired) electrons. The molecular formula is C22H19FN2O5S. The largest absolute Gasteiger partial charge is 0.486 e. The first kappa shape index (κ1) is 20.7. The average molecular weight is 442 g/mol. The van der Waals surface area contributed by atoms with Crippen molar-refractivity contribution >= 4 is 27.3 Å². The molecule has 3 aromatic carbocycles. The molecule has 1 aliphatic heterocycles. The highest BCUT2D eigenvalue weighted by molar-refractivity contribution is 7.92. The van der Waals surface area contributed by atoms with Crippen LogP contribution in [-0.4, -0.2) is 34.6 Å². The van der Waals surface area contributed by atoms with Gasteiger partial charge in [-0.15, -0.1) is 0 Å². The summed E-state index contributed by atoms with van der Waals surface area (Å²) in [6, 6.07) is 15.8. The zero-order chi connectivity index (χ0) is 22.0. The summed E-state index contributed by atoms with van der Waals surface area (Å²) >= 11 is 0. The number of ether oxygens (including phenoxy) is 2. The second-order valence-electron chi connectivity index (χ2n) is 6.79. The number of amides is 1. The van der Waals surface area contributed by atoms with Gasteiger partial charge in [0.2, 0.25) is 0 Å². The normalized spacial score (nSPS) is 12.8. The van der Waals surface area contributed by atoms with Crippen LogP contribution in [0.5, 0.6) is 11.5 Å². The Morgan fingerprint density at radius 2 is 1.68 bits per heavy atom. The van der Waals surface area contributed by atoms with E-state index in [0.717, 1.165) is 4.31 Å². The zero-order valence-electron chi connectivity index (χ0n) is 16.5. The van der Waals surface area contributed by atoms with E-state index in [1.165, 1.54) is 55.6 Å². The van der Waals surface area contributed by atoms with Crippen LogP contribution in [0.4, 0.5) is 15.8 Å². The maximum absolute atomic E-state index is 13.2. The monoisotopic (exact) mass is 442 g/mol. The van der Waals surface area contributed by atoms with Crippen LogP contribution >= 0.6 is 0 Å². The highest BCUT2D eigenvalue weighted by Crippen LogP contribution is 2.32. The van der Waals surface area contributed by atoms with Gasteiger partial charge in [0, 0.05) is 24.4 Å². The molecule has 0 saturated heterocycles. The number of rotatable bonds is 5. The quantitative estimate of drug-likeness (QED) is 0.652. The van der Waals surface area contributed by atoms with E-state index in [4.69, 9.17) is 9.47 Å². The van der Waals surface area contributed by atoms with Gasteiger partial charge in [-0.25, -0.2) is 12.8 Å². The number of nitrogens with one attached hydrogen (secondary N) is 1. The number of carbonyl (C=O) groups excluding carboxylic acids is 1. The van der Waals surface area contributed by atoms with Gasteiger partial charge in [-0.1, -0.05) is 6.07 Å². The number of fused-ring (bicyclic) bond motifs is 1. The summed E-state index contributed by atoms with van der Waals surface area (Å²) in [4.78, 5) is 12.6. The first-order chi connectivity index (χ1) is 14.8. The van der Waals surface area contributed by atoms with Gasteiger partial charge in [-0.05, 0) is 54.6 Å². The Kier molecular flexibility index (Phi) is 5.51. The van der Waals surface area contributed by atoms with Crippen molar-refractivity contribution in [2.75, 3.05) is 29.9 Å². The minimum absolute atomic E-state index is 0.0610. The molecule has 4 rings (SSSR count).